The fraction of sp³-hybridized carbons (Fsp3) is 0.355. The normalized spacial score (nSPS) is 11.1. The predicted molar refractivity (Wildman–Crippen MR) is 359 cm³/mol. The van der Waals surface area contributed by atoms with E-state index in [1.807, 2.05) is 141 Å². The molecule has 0 amide bonds. The Bertz CT molecular complexity index is 2350. The summed E-state index contributed by atoms with van der Waals surface area (Å²) in [5.74, 6) is 0. The second kappa shape index (κ2) is 47.9. The van der Waals surface area contributed by atoms with E-state index in [1.54, 1.807) is 91.0 Å². The fourth-order valence-corrected chi connectivity index (χ4v) is 17.5. The van der Waals surface area contributed by atoms with Crippen molar-refractivity contribution in [1.82, 2.24) is 0 Å². The lowest BCUT2D eigenvalue weighted by molar-refractivity contribution is 0.140. The first-order valence-electron chi connectivity index (χ1n) is 27.3. The number of rotatable bonds is 27. The molecule has 0 radical (unpaired) electrons. The minimum atomic E-state index is -2.59. The highest BCUT2D eigenvalue weighted by molar-refractivity contribution is 6.92. The molecule has 0 aliphatic rings. The van der Waals surface area contributed by atoms with Crippen LogP contribution >= 0.6 is 0 Å². The molecule has 0 aliphatic heterocycles. The summed E-state index contributed by atoms with van der Waals surface area (Å²) >= 11 is 0. The Labute approximate surface area is 510 Å². The van der Waals surface area contributed by atoms with Crippen LogP contribution in [-0.2, 0) is 74.1 Å². The van der Waals surface area contributed by atoms with Gasteiger partial charge in [0.25, 0.3) is 0 Å². The maximum absolute atomic E-state index is 5.78. The van der Waals surface area contributed by atoms with Crippen LogP contribution in [0.4, 0.5) is 0 Å². The van der Waals surface area contributed by atoms with Gasteiger partial charge in [-0.05, 0) is 65.9 Å². The molecule has 0 N–H and O–H groups in total. The molecule has 21 heteroatoms. The van der Waals surface area contributed by atoms with Gasteiger partial charge in [-0.1, -0.05) is 188 Å². The van der Waals surface area contributed by atoms with E-state index in [9.17, 15) is 0 Å². The summed E-state index contributed by atoms with van der Waals surface area (Å²) in [5.41, 5.74) is 4.38. The molecular weight excluding hydrogens is 1170 g/mol. The van der Waals surface area contributed by atoms with E-state index < -0.39 is 62.1 Å². The van der Waals surface area contributed by atoms with E-state index in [2.05, 4.69) is 93.5 Å². The first-order valence-corrected chi connectivity index (χ1v) is 41.5. The van der Waals surface area contributed by atoms with Crippen molar-refractivity contribution in [2.45, 2.75) is 51.6 Å². The smallest absolute Gasteiger partial charge is 0.421 e. The molecule has 14 nitrogen and oxygen atoms in total. The number of hydrogen-bond donors (Lipinski definition) is 0. The molecule has 0 bridgehead atoms. The highest BCUT2D eigenvalue weighted by Crippen LogP contribution is 2.10. The average molecular weight is 1270 g/mol. The molecular formula is C62H100O14Si7. The van der Waals surface area contributed by atoms with Gasteiger partial charge in [0.1, 0.15) is 0 Å². The van der Waals surface area contributed by atoms with Gasteiger partial charge in [-0.2, -0.15) is 0 Å². The van der Waals surface area contributed by atoms with Crippen molar-refractivity contribution < 1.29 is 62.0 Å². The number of hydrogen-bond acceptors (Lipinski definition) is 14. The zero-order chi connectivity index (χ0) is 62.3. The monoisotopic (exact) mass is 1260 g/mol. The van der Waals surface area contributed by atoms with Gasteiger partial charge >= 0.3 is 53.8 Å². The highest BCUT2D eigenvalue weighted by atomic mass is 28.4. The summed E-state index contributed by atoms with van der Waals surface area (Å²) in [6, 6.07) is 63.4. The second-order valence-corrected chi connectivity index (χ2v) is 38.6. The topological polar surface area (TPSA) is 129 Å². The molecule has 0 fully saturated rings. The fourth-order valence-electron chi connectivity index (χ4n) is 7.39. The van der Waals surface area contributed by atoms with Gasteiger partial charge in [-0.15, -0.1) is 13.2 Å². The molecule has 83 heavy (non-hydrogen) atoms. The number of benzene rings is 6. The van der Waals surface area contributed by atoms with Crippen LogP contribution in [0.15, 0.2) is 207 Å². The van der Waals surface area contributed by atoms with Crippen molar-refractivity contribution in [3.05, 3.63) is 218 Å². The molecule has 0 aliphatic carbocycles. The molecule has 0 atom stereocenters. The summed E-state index contributed by atoms with van der Waals surface area (Å²) in [5, 5.41) is 4.30. The van der Waals surface area contributed by atoms with Crippen LogP contribution in [0.1, 0.15) is 25.0 Å². The van der Waals surface area contributed by atoms with Crippen molar-refractivity contribution in [3.63, 3.8) is 0 Å². The zero-order valence-corrected chi connectivity index (χ0v) is 60.3. The average Bonchev–Trinajstić information content (AvgIpc) is 3.58. The molecule has 0 saturated carbocycles. The Morgan fingerprint density at radius 1 is 0.361 bits per heavy atom. The molecule has 6 aromatic rings. The van der Waals surface area contributed by atoms with E-state index in [0.29, 0.717) is 0 Å². The van der Waals surface area contributed by atoms with E-state index in [0.717, 1.165) is 52.1 Å². The lowest BCUT2D eigenvalue weighted by atomic mass is 10.2. The highest BCUT2D eigenvalue weighted by Gasteiger charge is 2.41. The Kier molecular flexibility index (Phi) is 45.5. The molecule has 0 aromatic heterocycles. The van der Waals surface area contributed by atoms with E-state index >= 15 is 0 Å². The Morgan fingerprint density at radius 2 is 0.663 bits per heavy atom. The summed E-state index contributed by atoms with van der Waals surface area (Å²) < 4.78 is 75.0. The first kappa shape index (κ1) is 78.8. The third-order valence-corrected chi connectivity index (χ3v) is 28.0. The van der Waals surface area contributed by atoms with Crippen LogP contribution in [0.5, 0.6) is 0 Å². The van der Waals surface area contributed by atoms with Gasteiger partial charge < -0.3 is 62.0 Å². The van der Waals surface area contributed by atoms with Crippen LogP contribution in [0.2, 0.25) is 25.7 Å². The zero-order valence-electron chi connectivity index (χ0n) is 52.9. The van der Waals surface area contributed by atoms with Gasteiger partial charge in [-0.25, -0.2) is 0 Å². The van der Waals surface area contributed by atoms with Gasteiger partial charge in [0, 0.05) is 122 Å². The van der Waals surface area contributed by atoms with Crippen LogP contribution in [-0.4, -0.2) is 161 Å². The van der Waals surface area contributed by atoms with E-state index in [4.69, 9.17) is 62.0 Å². The largest absolute Gasteiger partial charge is 0.536 e. The quantitative estimate of drug-likeness (QED) is 0.0359. The summed E-state index contributed by atoms with van der Waals surface area (Å²) in [4.78, 5) is 0. The van der Waals surface area contributed by atoms with Crippen molar-refractivity contribution in [3.8, 4) is 0 Å². The minimum absolute atomic E-state index is 0.754. The van der Waals surface area contributed by atoms with Gasteiger partial charge in [0.05, 0.1) is 0 Å². The van der Waals surface area contributed by atoms with Gasteiger partial charge in [-0.3, -0.25) is 0 Å². The molecule has 0 unspecified atom stereocenters. The molecule has 0 saturated heterocycles. The lowest BCUT2D eigenvalue weighted by Crippen LogP contribution is -2.62. The Balaban J connectivity index is 0.000000963. The third-order valence-electron chi connectivity index (χ3n) is 12.1. The summed E-state index contributed by atoms with van der Waals surface area (Å²) in [6.45, 7) is 19.4. The summed E-state index contributed by atoms with van der Waals surface area (Å²) in [7, 11) is 7.36. The first-order chi connectivity index (χ1) is 40.0. The molecule has 6 rings (SSSR count). The van der Waals surface area contributed by atoms with E-state index in [1.165, 1.54) is 11.1 Å². The predicted octanol–water partition coefficient (Wildman–Crippen LogP) is 9.16. The van der Waals surface area contributed by atoms with Crippen LogP contribution in [0.3, 0.4) is 0 Å². The molecule has 6 aromatic carbocycles. The van der Waals surface area contributed by atoms with Crippen molar-refractivity contribution in [2.75, 3.05) is 98.5 Å². The Hall–Kier alpha value is -4.24. The van der Waals surface area contributed by atoms with Gasteiger partial charge in [0.2, 0.25) is 0 Å². The summed E-state index contributed by atoms with van der Waals surface area (Å²) in [6.07, 6.45) is 1.82. The number of allylic oxidation sites excluding steroid dienone is 1. The van der Waals surface area contributed by atoms with Crippen LogP contribution < -0.4 is 20.7 Å². The van der Waals surface area contributed by atoms with Gasteiger partial charge in [0.15, 0.2) is 8.32 Å². The maximum Gasteiger partial charge on any atom is 0.536 e. The molecule has 0 heterocycles. The SMILES string of the molecule is C=CC[SiH](OC)OC.C=C[Si](OC)(OC)c1ccccc1.CCO[SiH](Cc1ccccc1)OCC.CO[SiH](Cc1ccccc1)OC.CO[Si](C)(C)C.CO[Si](OC)(OC)c1ccccc1.CO[Si](OC)(c1ccccc1)c1ccccc1. The second-order valence-electron chi connectivity index (χ2n) is 18.3. The third kappa shape index (κ3) is 31.1. The molecule has 0 spiro atoms. The van der Waals surface area contributed by atoms with Crippen molar-refractivity contribution >= 4 is 82.8 Å². The van der Waals surface area contributed by atoms with Crippen molar-refractivity contribution in [1.29, 1.82) is 0 Å². The van der Waals surface area contributed by atoms with Crippen molar-refractivity contribution in [2.24, 2.45) is 0 Å². The Morgan fingerprint density at radius 3 is 0.904 bits per heavy atom. The minimum Gasteiger partial charge on any atom is -0.421 e. The van der Waals surface area contributed by atoms with Crippen LogP contribution in [0.25, 0.3) is 0 Å². The standard InChI is InChI=1S/C14H16O2Si.C11H18O2Si.C10H14O2Si.C9H14O3Si.C9H14O2Si.C5H12O2Si.C4H12OSi/c1-15-17(16-2,13-9-5-3-6-10-13)14-11-7-4-8-12-14;1-3-12-14(13-4-2)10-11-8-6-5-7-9-11;1-4-13(11-2,12-3)10-8-6-5-7-9-10;1-10-13(11-2,12-3)9-7-5-4-6-8-9;1-10-12(11-2)8-9-6-4-3-5-7-9;1-4-5-8(6-2)7-3;1-5-6(2,3)4/h3-12H,1-2H3;5-9,14H,3-4,10H2,1-2H3;4-9H,1H2,2-3H3;4-8H,1-3H3;3-7,12H,8H2,1-2H3;4,8H,1,5H2,2-3H3;1-4H3. The van der Waals surface area contributed by atoms with E-state index in [-0.39, 0.29) is 0 Å². The maximum atomic E-state index is 5.78. The molecule has 460 valence electrons. The lowest BCUT2D eigenvalue weighted by Gasteiger charge is -2.27. The van der Waals surface area contributed by atoms with Crippen LogP contribution in [0, 0.1) is 0 Å².